The average Bonchev–Trinajstić information content (AvgIpc) is 2.56. The summed E-state index contributed by atoms with van der Waals surface area (Å²) in [4.78, 5) is 6.21. The molecular formula is C18H22ClFN2O2. The highest BCUT2D eigenvalue weighted by molar-refractivity contribution is 6.32. The minimum absolute atomic E-state index is 0.0309. The van der Waals surface area contributed by atoms with E-state index in [2.05, 4.69) is 9.88 Å². The lowest BCUT2D eigenvalue weighted by Crippen LogP contribution is -2.36. The Balaban J connectivity index is 2.24. The van der Waals surface area contributed by atoms with Crippen molar-refractivity contribution in [3.8, 4) is 5.75 Å². The van der Waals surface area contributed by atoms with Crippen LogP contribution < -0.4 is 4.74 Å². The van der Waals surface area contributed by atoms with Gasteiger partial charge in [-0.3, -0.25) is 9.88 Å². The Morgan fingerprint density at radius 3 is 2.62 bits per heavy atom. The average molecular weight is 353 g/mol. The summed E-state index contributed by atoms with van der Waals surface area (Å²) in [5, 5.41) is 9.91. The van der Waals surface area contributed by atoms with Crippen LogP contribution in [0, 0.1) is 5.82 Å². The van der Waals surface area contributed by atoms with E-state index in [-0.39, 0.29) is 23.4 Å². The maximum Gasteiger partial charge on any atom is 0.173 e. The number of benzene rings is 1. The van der Waals surface area contributed by atoms with E-state index in [1.54, 1.807) is 18.5 Å². The maximum atomic E-state index is 14.1. The van der Waals surface area contributed by atoms with Gasteiger partial charge in [0.1, 0.15) is 0 Å². The smallest absolute Gasteiger partial charge is 0.173 e. The molecule has 1 heterocycles. The number of aliphatic hydroxyl groups is 1. The first-order valence-electron chi connectivity index (χ1n) is 7.84. The summed E-state index contributed by atoms with van der Waals surface area (Å²) in [6.07, 6.45) is 4.29. The second-order valence-corrected chi connectivity index (χ2v) is 6.01. The van der Waals surface area contributed by atoms with Gasteiger partial charge in [-0.1, -0.05) is 24.6 Å². The standard InChI is InChI=1S/C18H22ClFN2O2/c1-3-15(12-23)22(10-13-5-4-6-21-9-13)11-14-7-16(19)18(24-2)17(20)8-14/h4-9,15,23H,3,10-12H2,1-2H3. The van der Waals surface area contributed by atoms with Crippen LogP contribution in [0.15, 0.2) is 36.7 Å². The predicted molar refractivity (Wildman–Crippen MR) is 92.6 cm³/mol. The van der Waals surface area contributed by atoms with Crippen molar-refractivity contribution in [1.82, 2.24) is 9.88 Å². The number of halogens is 2. The van der Waals surface area contributed by atoms with Crippen molar-refractivity contribution in [3.63, 3.8) is 0 Å². The molecule has 0 aliphatic heterocycles. The molecule has 2 aromatic rings. The summed E-state index contributed by atoms with van der Waals surface area (Å²) >= 11 is 6.08. The highest BCUT2D eigenvalue weighted by Gasteiger charge is 2.19. The Labute approximate surface area is 146 Å². The zero-order valence-corrected chi connectivity index (χ0v) is 14.6. The monoisotopic (exact) mass is 352 g/mol. The predicted octanol–water partition coefficient (Wildman–Crippen LogP) is 3.66. The molecule has 130 valence electrons. The SMILES string of the molecule is CCC(CO)N(Cc1cccnc1)Cc1cc(F)c(OC)c(Cl)c1. The van der Waals surface area contributed by atoms with E-state index in [1.807, 2.05) is 19.1 Å². The largest absolute Gasteiger partial charge is 0.492 e. The van der Waals surface area contributed by atoms with Crippen LogP contribution in [0.5, 0.6) is 5.75 Å². The van der Waals surface area contributed by atoms with Gasteiger partial charge in [-0.25, -0.2) is 4.39 Å². The highest BCUT2D eigenvalue weighted by Crippen LogP contribution is 2.29. The normalized spacial score (nSPS) is 12.4. The van der Waals surface area contributed by atoms with Crippen LogP contribution in [-0.2, 0) is 13.1 Å². The number of methoxy groups -OCH3 is 1. The van der Waals surface area contributed by atoms with E-state index < -0.39 is 5.82 Å². The Bertz CT molecular complexity index is 628. The van der Waals surface area contributed by atoms with E-state index in [0.717, 1.165) is 17.5 Å². The van der Waals surface area contributed by atoms with Crippen LogP contribution in [0.25, 0.3) is 0 Å². The highest BCUT2D eigenvalue weighted by atomic mass is 35.5. The van der Waals surface area contributed by atoms with Crippen molar-refractivity contribution in [2.45, 2.75) is 32.5 Å². The third kappa shape index (κ3) is 4.66. The fraction of sp³-hybridized carbons (Fsp3) is 0.389. The Morgan fingerprint density at radius 1 is 1.33 bits per heavy atom. The number of hydrogen-bond acceptors (Lipinski definition) is 4. The molecule has 6 heteroatoms. The minimum Gasteiger partial charge on any atom is -0.492 e. The van der Waals surface area contributed by atoms with E-state index in [4.69, 9.17) is 16.3 Å². The molecule has 1 aromatic heterocycles. The summed E-state index contributed by atoms with van der Waals surface area (Å²) in [5.41, 5.74) is 1.76. The molecule has 0 radical (unpaired) electrons. The molecule has 1 atom stereocenters. The fourth-order valence-electron chi connectivity index (χ4n) is 2.68. The molecular weight excluding hydrogens is 331 g/mol. The number of aromatic nitrogens is 1. The lowest BCUT2D eigenvalue weighted by atomic mass is 10.1. The number of hydrogen-bond donors (Lipinski definition) is 1. The van der Waals surface area contributed by atoms with Gasteiger partial charge in [0.2, 0.25) is 0 Å². The van der Waals surface area contributed by atoms with Gasteiger partial charge in [0.05, 0.1) is 18.7 Å². The van der Waals surface area contributed by atoms with Crippen molar-refractivity contribution in [2.75, 3.05) is 13.7 Å². The van der Waals surface area contributed by atoms with Gasteiger partial charge in [-0.05, 0) is 35.7 Å². The van der Waals surface area contributed by atoms with Gasteiger partial charge >= 0.3 is 0 Å². The Hall–Kier alpha value is -1.69. The summed E-state index contributed by atoms with van der Waals surface area (Å²) in [6, 6.07) is 6.94. The molecule has 2 rings (SSSR count). The molecule has 0 saturated heterocycles. The lowest BCUT2D eigenvalue weighted by molar-refractivity contribution is 0.106. The third-order valence-corrected chi connectivity index (χ3v) is 4.24. The lowest BCUT2D eigenvalue weighted by Gasteiger charge is -2.30. The van der Waals surface area contributed by atoms with Gasteiger partial charge in [0.25, 0.3) is 0 Å². The van der Waals surface area contributed by atoms with Crippen LogP contribution >= 0.6 is 11.6 Å². The van der Waals surface area contributed by atoms with E-state index in [1.165, 1.54) is 13.2 Å². The van der Waals surface area contributed by atoms with Crippen molar-refractivity contribution in [3.05, 3.63) is 58.6 Å². The van der Waals surface area contributed by atoms with Crippen molar-refractivity contribution in [1.29, 1.82) is 0 Å². The Morgan fingerprint density at radius 2 is 2.08 bits per heavy atom. The molecule has 1 N–H and O–H groups in total. The van der Waals surface area contributed by atoms with Crippen LogP contribution in [0.1, 0.15) is 24.5 Å². The quantitative estimate of drug-likeness (QED) is 0.787. The molecule has 1 unspecified atom stereocenters. The van der Waals surface area contributed by atoms with Crippen LogP contribution in [-0.4, -0.2) is 34.7 Å². The van der Waals surface area contributed by atoms with Crippen molar-refractivity contribution >= 4 is 11.6 Å². The van der Waals surface area contributed by atoms with Crippen LogP contribution in [0.2, 0.25) is 5.02 Å². The van der Waals surface area contributed by atoms with Gasteiger partial charge < -0.3 is 9.84 Å². The zero-order valence-electron chi connectivity index (χ0n) is 13.9. The van der Waals surface area contributed by atoms with Gasteiger partial charge in [0, 0.05) is 31.5 Å². The molecule has 0 fully saturated rings. The molecule has 4 nitrogen and oxygen atoms in total. The van der Waals surface area contributed by atoms with Crippen molar-refractivity contribution in [2.24, 2.45) is 0 Å². The first-order chi connectivity index (χ1) is 11.6. The van der Waals surface area contributed by atoms with E-state index in [0.29, 0.717) is 13.1 Å². The molecule has 0 aliphatic rings. The molecule has 0 amide bonds. The minimum atomic E-state index is -0.488. The molecule has 1 aromatic carbocycles. The number of ether oxygens (including phenoxy) is 1. The number of aliphatic hydroxyl groups excluding tert-OH is 1. The van der Waals surface area contributed by atoms with Crippen LogP contribution in [0.4, 0.5) is 4.39 Å². The number of pyridine rings is 1. The molecule has 24 heavy (non-hydrogen) atoms. The molecule has 0 spiro atoms. The van der Waals surface area contributed by atoms with E-state index >= 15 is 0 Å². The second-order valence-electron chi connectivity index (χ2n) is 5.60. The summed E-state index contributed by atoms with van der Waals surface area (Å²) in [7, 11) is 1.39. The second kappa shape index (κ2) is 8.97. The molecule has 0 bridgehead atoms. The Kier molecular flexibility index (Phi) is 6.97. The number of rotatable bonds is 8. The van der Waals surface area contributed by atoms with Gasteiger partial charge in [0.15, 0.2) is 11.6 Å². The van der Waals surface area contributed by atoms with Gasteiger partial charge in [-0.15, -0.1) is 0 Å². The number of nitrogens with zero attached hydrogens (tertiary/aromatic N) is 2. The third-order valence-electron chi connectivity index (χ3n) is 3.95. The van der Waals surface area contributed by atoms with Gasteiger partial charge in [-0.2, -0.15) is 0 Å². The van der Waals surface area contributed by atoms with E-state index in [9.17, 15) is 9.50 Å². The summed E-state index contributed by atoms with van der Waals surface area (Å²) < 4.78 is 19.0. The first kappa shape index (κ1) is 18.6. The zero-order chi connectivity index (χ0) is 17.5. The first-order valence-corrected chi connectivity index (χ1v) is 8.22. The molecule has 0 saturated carbocycles. The van der Waals surface area contributed by atoms with Crippen molar-refractivity contribution < 1.29 is 14.2 Å². The summed E-state index contributed by atoms with van der Waals surface area (Å²) in [5.74, 6) is -0.438. The maximum absolute atomic E-state index is 14.1. The van der Waals surface area contributed by atoms with Crippen LogP contribution in [0.3, 0.4) is 0 Å². The summed E-state index contributed by atoms with van der Waals surface area (Å²) in [6.45, 7) is 3.12. The molecule has 0 aliphatic carbocycles. The fourth-order valence-corrected chi connectivity index (χ4v) is 2.98. The topological polar surface area (TPSA) is 45.6 Å².